The summed E-state index contributed by atoms with van der Waals surface area (Å²) < 4.78 is 26.0. The second-order valence-electron chi connectivity index (χ2n) is 4.34. The molecular formula is C13H9ClF2N2. The van der Waals surface area contributed by atoms with Crippen molar-refractivity contribution in [3.05, 3.63) is 46.7 Å². The largest absolute Gasteiger partial charge is 0.233 e. The van der Waals surface area contributed by atoms with E-state index >= 15 is 0 Å². The third kappa shape index (κ3) is 2.20. The Labute approximate surface area is 108 Å². The fourth-order valence-electron chi connectivity index (χ4n) is 1.79. The van der Waals surface area contributed by atoms with E-state index in [0.717, 1.165) is 30.7 Å². The van der Waals surface area contributed by atoms with Crippen LogP contribution in [0.1, 0.15) is 24.5 Å². The van der Waals surface area contributed by atoms with Gasteiger partial charge in [-0.15, -0.1) is 0 Å². The van der Waals surface area contributed by atoms with Crippen molar-refractivity contribution in [1.29, 1.82) is 0 Å². The summed E-state index contributed by atoms with van der Waals surface area (Å²) in [6.07, 6.45) is 2.18. The quantitative estimate of drug-likeness (QED) is 0.769. The van der Waals surface area contributed by atoms with Gasteiger partial charge >= 0.3 is 0 Å². The highest BCUT2D eigenvalue weighted by Crippen LogP contribution is 2.40. The minimum Gasteiger partial charge on any atom is -0.233 e. The smallest absolute Gasteiger partial charge is 0.161 e. The molecule has 0 saturated heterocycles. The van der Waals surface area contributed by atoms with Crippen LogP contribution in [0.25, 0.3) is 11.4 Å². The van der Waals surface area contributed by atoms with Gasteiger partial charge in [0.15, 0.2) is 17.5 Å². The molecule has 2 nitrogen and oxygen atoms in total. The van der Waals surface area contributed by atoms with Gasteiger partial charge in [-0.25, -0.2) is 18.7 Å². The first-order valence-corrected chi connectivity index (χ1v) is 6.01. The maximum atomic E-state index is 13.2. The summed E-state index contributed by atoms with van der Waals surface area (Å²) in [5, 5.41) is 0.326. The molecule has 1 saturated carbocycles. The molecule has 18 heavy (non-hydrogen) atoms. The van der Waals surface area contributed by atoms with E-state index in [1.165, 1.54) is 6.07 Å². The number of rotatable bonds is 2. The Morgan fingerprint density at radius 2 is 1.83 bits per heavy atom. The summed E-state index contributed by atoms with van der Waals surface area (Å²) in [4.78, 5) is 8.40. The summed E-state index contributed by atoms with van der Waals surface area (Å²) in [5.74, 6) is -1.04. The van der Waals surface area contributed by atoms with Gasteiger partial charge in [-0.1, -0.05) is 11.6 Å². The molecule has 92 valence electrons. The molecule has 1 aromatic carbocycles. The Morgan fingerprint density at radius 1 is 1.06 bits per heavy atom. The van der Waals surface area contributed by atoms with Gasteiger partial charge in [0.1, 0.15) is 5.15 Å². The second kappa shape index (κ2) is 4.28. The van der Waals surface area contributed by atoms with Crippen LogP contribution >= 0.6 is 11.6 Å². The average molecular weight is 267 g/mol. The second-order valence-corrected chi connectivity index (χ2v) is 4.73. The monoisotopic (exact) mass is 266 g/mol. The van der Waals surface area contributed by atoms with Crippen LogP contribution in [0.5, 0.6) is 0 Å². The molecule has 1 fully saturated rings. The van der Waals surface area contributed by atoms with Crippen LogP contribution in [0.2, 0.25) is 5.15 Å². The highest BCUT2D eigenvalue weighted by molar-refractivity contribution is 6.29. The predicted octanol–water partition coefficient (Wildman–Crippen LogP) is 3.95. The maximum Gasteiger partial charge on any atom is 0.161 e. The van der Waals surface area contributed by atoms with Crippen molar-refractivity contribution >= 4 is 11.6 Å². The van der Waals surface area contributed by atoms with Crippen LogP contribution in [-0.2, 0) is 0 Å². The fourth-order valence-corrected chi connectivity index (χ4v) is 1.98. The molecule has 0 unspecified atom stereocenters. The Balaban J connectivity index is 2.07. The zero-order valence-electron chi connectivity index (χ0n) is 9.33. The SMILES string of the molecule is Fc1ccc(-c2nc(Cl)cc(C3CC3)n2)cc1F. The van der Waals surface area contributed by atoms with Crippen LogP contribution in [0.15, 0.2) is 24.3 Å². The van der Waals surface area contributed by atoms with Crippen molar-refractivity contribution in [2.24, 2.45) is 0 Å². The standard InChI is InChI=1S/C13H9ClF2N2/c14-12-6-11(7-1-2-7)17-13(18-12)8-3-4-9(15)10(16)5-8/h3-7H,1-2H2. The number of nitrogens with zero attached hydrogens (tertiary/aromatic N) is 2. The lowest BCUT2D eigenvalue weighted by Crippen LogP contribution is -1.96. The first-order chi connectivity index (χ1) is 8.63. The molecule has 1 aromatic heterocycles. The van der Waals surface area contributed by atoms with Gasteiger partial charge in [-0.05, 0) is 37.1 Å². The van der Waals surface area contributed by atoms with Gasteiger partial charge in [0.05, 0.1) is 0 Å². The zero-order chi connectivity index (χ0) is 12.7. The lowest BCUT2D eigenvalue weighted by molar-refractivity contribution is 0.509. The molecule has 1 heterocycles. The molecule has 1 aliphatic carbocycles. The number of hydrogen-bond acceptors (Lipinski definition) is 2. The molecule has 0 spiro atoms. The topological polar surface area (TPSA) is 25.8 Å². The first kappa shape index (κ1) is 11.5. The summed E-state index contributed by atoms with van der Waals surface area (Å²) in [6, 6.07) is 5.31. The van der Waals surface area contributed by atoms with Crippen LogP contribution in [0.3, 0.4) is 0 Å². The van der Waals surface area contributed by atoms with Crippen molar-refractivity contribution in [3.63, 3.8) is 0 Å². The van der Waals surface area contributed by atoms with Crippen LogP contribution in [-0.4, -0.2) is 9.97 Å². The zero-order valence-corrected chi connectivity index (χ0v) is 10.1. The molecule has 0 atom stereocenters. The number of halogens is 3. The summed E-state index contributed by atoms with van der Waals surface area (Å²) in [6.45, 7) is 0. The van der Waals surface area contributed by atoms with Crippen LogP contribution in [0, 0.1) is 11.6 Å². The molecule has 5 heteroatoms. The highest BCUT2D eigenvalue weighted by Gasteiger charge is 2.26. The number of aromatic nitrogens is 2. The Kier molecular flexibility index (Phi) is 2.74. The molecule has 2 aromatic rings. The van der Waals surface area contributed by atoms with E-state index in [2.05, 4.69) is 9.97 Å². The third-order valence-corrected chi connectivity index (χ3v) is 3.08. The maximum absolute atomic E-state index is 13.2. The van der Waals surface area contributed by atoms with E-state index in [0.29, 0.717) is 22.5 Å². The molecule has 1 aliphatic rings. The molecule has 0 amide bonds. The lowest BCUT2D eigenvalue weighted by atomic mass is 10.2. The minimum atomic E-state index is -0.913. The Bertz CT molecular complexity index is 612. The van der Waals surface area contributed by atoms with Gasteiger partial charge in [0, 0.05) is 17.2 Å². The minimum absolute atomic E-state index is 0.326. The molecule has 0 bridgehead atoms. The van der Waals surface area contributed by atoms with Gasteiger partial charge in [0.2, 0.25) is 0 Å². The normalized spacial score (nSPS) is 14.8. The summed E-state index contributed by atoms with van der Waals surface area (Å²) in [7, 11) is 0. The average Bonchev–Trinajstić information content (AvgIpc) is 3.16. The van der Waals surface area contributed by atoms with E-state index in [-0.39, 0.29) is 0 Å². The van der Waals surface area contributed by atoms with Gasteiger partial charge in [-0.2, -0.15) is 0 Å². The van der Waals surface area contributed by atoms with Gasteiger partial charge in [0.25, 0.3) is 0 Å². The summed E-state index contributed by atoms with van der Waals surface area (Å²) in [5.41, 5.74) is 1.30. The van der Waals surface area contributed by atoms with Gasteiger partial charge < -0.3 is 0 Å². The first-order valence-electron chi connectivity index (χ1n) is 5.63. The van der Waals surface area contributed by atoms with Gasteiger partial charge in [-0.3, -0.25) is 0 Å². The fraction of sp³-hybridized carbons (Fsp3) is 0.231. The van der Waals surface area contributed by atoms with Crippen molar-refractivity contribution in [1.82, 2.24) is 9.97 Å². The highest BCUT2D eigenvalue weighted by atomic mass is 35.5. The Hall–Kier alpha value is -1.55. The molecule has 3 rings (SSSR count). The molecule has 0 aliphatic heterocycles. The molecule has 0 N–H and O–H groups in total. The van der Waals surface area contributed by atoms with E-state index in [9.17, 15) is 8.78 Å². The van der Waals surface area contributed by atoms with Crippen LogP contribution < -0.4 is 0 Å². The van der Waals surface area contributed by atoms with Crippen LogP contribution in [0.4, 0.5) is 8.78 Å². The van der Waals surface area contributed by atoms with Crippen molar-refractivity contribution < 1.29 is 8.78 Å². The number of hydrogen-bond donors (Lipinski definition) is 0. The predicted molar refractivity (Wildman–Crippen MR) is 64.4 cm³/mol. The Morgan fingerprint density at radius 3 is 2.50 bits per heavy atom. The van der Waals surface area contributed by atoms with Crippen molar-refractivity contribution in [3.8, 4) is 11.4 Å². The van der Waals surface area contributed by atoms with Crippen molar-refractivity contribution in [2.45, 2.75) is 18.8 Å². The van der Waals surface area contributed by atoms with E-state index in [1.54, 1.807) is 6.07 Å². The summed E-state index contributed by atoms with van der Waals surface area (Å²) >= 11 is 5.92. The van der Waals surface area contributed by atoms with Crippen molar-refractivity contribution in [2.75, 3.05) is 0 Å². The molecular weight excluding hydrogens is 258 g/mol. The van der Waals surface area contributed by atoms with E-state index in [1.807, 2.05) is 0 Å². The third-order valence-electron chi connectivity index (χ3n) is 2.89. The van der Waals surface area contributed by atoms with E-state index in [4.69, 9.17) is 11.6 Å². The number of benzene rings is 1. The molecule has 0 radical (unpaired) electrons. The van der Waals surface area contributed by atoms with E-state index < -0.39 is 11.6 Å². The lowest BCUT2D eigenvalue weighted by Gasteiger charge is -2.04.